The molecule has 2 heterocycles. The molecule has 4 rings (SSSR count). The molecular formula is C22H18FN3O2S2. The van der Waals surface area contributed by atoms with Crippen molar-refractivity contribution in [3.05, 3.63) is 76.1 Å². The van der Waals surface area contributed by atoms with Crippen LogP contribution in [0.15, 0.2) is 53.6 Å². The number of carbonyl (C=O) groups excluding carboxylic acids is 2. The number of likely N-dealkylation sites (N-methyl/N-ethyl adjacent to an activating group) is 1. The van der Waals surface area contributed by atoms with Crippen molar-refractivity contribution in [2.75, 3.05) is 13.6 Å². The summed E-state index contributed by atoms with van der Waals surface area (Å²) in [6.45, 7) is 0.434. The molecule has 0 unspecified atom stereocenters. The van der Waals surface area contributed by atoms with Crippen LogP contribution in [-0.2, 0) is 11.2 Å². The van der Waals surface area contributed by atoms with Gasteiger partial charge in [-0.25, -0.2) is 4.39 Å². The zero-order valence-electron chi connectivity index (χ0n) is 16.1. The van der Waals surface area contributed by atoms with Gasteiger partial charge in [0, 0.05) is 36.3 Å². The first-order valence-electron chi connectivity index (χ1n) is 9.28. The van der Waals surface area contributed by atoms with Gasteiger partial charge in [0.05, 0.1) is 4.91 Å². The van der Waals surface area contributed by atoms with Crippen molar-refractivity contribution in [3.63, 3.8) is 0 Å². The van der Waals surface area contributed by atoms with Crippen molar-refractivity contribution < 1.29 is 14.0 Å². The molecule has 0 spiro atoms. The smallest absolute Gasteiger partial charge is 0.265 e. The van der Waals surface area contributed by atoms with Crippen molar-refractivity contribution in [1.29, 1.82) is 0 Å². The molecule has 30 heavy (non-hydrogen) atoms. The minimum Gasteiger partial charge on any atom is -0.361 e. The zero-order valence-corrected chi connectivity index (χ0v) is 17.7. The number of halogens is 1. The van der Waals surface area contributed by atoms with Gasteiger partial charge < -0.3 is 10.3 Å². The number of nitrogens with zero attached hydrogens (tertiary/aromatic N) is 1. The number of hydrogen-bond donors (Lipinski definition) is 2. The number of thiocarbonyl (C=S) groups is 1. The molecule has 5 nitrogen and oxygen atoms in total. The van der Waals surface area contributed by atoms with Crippen LogP contribution in [-0.4, -0.2) is 39.6 Å². The molecule has 0 atom stereocenters. The van der Waals surface area contributed by atoms with Gasteiger partial charge in [-0.3, -0.25) is 14.5 Å². The molecule has 1 saturated heterocycles. The first kappa shape index (κ1) is 20.3. The van der Waals surface area contributed by atoms with Crippen molar-refractivity contribution >= 4 is 57.1 Å². The summed E-state index contributed by atoms with van der Waals surface area (Å²) < 4.78 is 14.0. The van der Waals surface area contributed by atoms with Crippen LogP contribution in [0.5, 0.6) is 0 Å². The zero-order chi connectivity index (χ0) is 21.3. The van der Waals surface area contributed by atoms with Crippen LogP contribution in [0.2, 0.25) is 0 Å². The summed E-state index contributed by atoms with van der Waals surface area (Å²) in [6.07, 6.45) is 4.19. The number of rotatable bonds is 5. The summed E-state index contributed by atoms with van der Waals surface area (Å²) in [6, 6.07) is 11.6. The molecule has 152 valence electrons. The molecule has 1 aliphatic heterocycles. The molecule has 3 aromatic rings. The lowest BCUT2D eigenvalue weighted by Gasteiger charge is -2.06. The lowest BCUT2D eigenvalue weighted by Crippen LogP contribution is -2.25. The molecule has 2 amide bonds. The SMILES string of the molecule is CN1C(=O)C(=Cc2ccc(C(=O)NCCc3c[nH]c4ccc(F)cc34)cc2)SC1=S. The Bertz CT molecular complexity index is 1180. The second kappa shape index (κ2) is 8.41. The lowest BCUT2D eigenvalue weighted by atomic mass is 10.1. The van der Waals surface area contributed by atoms with Crippen molar-refractivity contribution in [3.8, 4) is 0 Å². The topological polar surface area (TPSA) is 65.2 Å². The molecule has 2 N–H and O–H groups in total. The average molecular weight is 440 g/mol. The third kappa shape index (κ3) is 4.15. The van der Waals surface area contributed by atoms with Crippen LogP contribution in [0, 0.1) is 5.82 Å². The van der Waals surface area contributed by atoms with E-state index in [2.05, 4.69) is 10.3 Å². The van der Waals surface area contributed by atoms with Crippen LogP contribution in [0.1, 0.15) is 21.5 Å². The Morgan fingerprint density at radius 3 is 2.73 bits per heavy atom. The second-order valence-corrected chi connectivity index (χ2v) is 8.55. The predicted octanol–water partition coefficient (Wildman–Crippen LogP) is 4.11. The van der Waals surface area contributed by atoms with E-state index >= 15 is 0 Å². The highest BCUT2D eigenvalue weighted by atomic mass is 32.2. The van der Waals surface area contributed by atoms with Gasteiger partial charge in [-0.15, -0.1) is 0 Å². The van der Waals surface area contributed by atoms with Gasteiger partial charge in [0.2, 0.25) is 0 Å². The highest BCUT2D eigenvalue weighted by molar-refractivity contribution is 8.26. The normalized spacial score (nSPS) is 15.4. The summed E-state index contributed by atoms with van der Waals surface area (Å²) in [5.74, 6) is -0.593. The fourth-order valence-electron chi connectivity index (χ4n) is 3.20. The minimum atomic E-state index is -0.284. The van der Waals surface area contributed by atoms with Crippen LogP contribution >= 0.6 is 24.0 Å². The maximum Gasteiger partial charge on any atom is 0.265 e. The molecular weight excluding hydrogens is 421 g/mol. The number of fused-ring (bicyclic) bond motifs is 1. The van der Waals surface area contributed by atoms with E-state index in [4.69, 9.17) is 12.2 Å². The van der Waals surface area contributed by atoms with E-state index < -0.39 is 0 Å². The van der Waals surface area contributed by atoms with Gasteiger partial charge >= 0.3 is 0 Å². The molecule has 8 heteroatoms. The fraction of sp³-hybridized carbons (Fsp3) is 0.136. The first-order chi connectivity index (χ1) is 14.4. The van der Waals surface area contributed by atoms with E-state index in [1.54, 1.807) is 43.5 Å². The molecule has 0 aliphatic carbocycles. The molecule has 1 fully saturated rings. The van der Waals surface area contributed by atoms with Gasteiger partial charge in [0.15, 0.2) is 0 Å². The largest absolute Gasteiger partial charge is 0.361 e. The maximum atomic E-state index is 13.5. The first-order valence-corrected chi connectivity index (χ1v) is 10.5. The number of benzene rings is 2. The minimum absolute atomic E-state index is 0.121. The number of carbonyl (C=O) groups is 2. The molecule has 2 aromatic carbocycles. The molecule has 1 aliphatic rings. The number of aromatic nitrogens is 1. The predicted molar refractivity (Wildman–Crippen MR) is 122 cm³/mol. The number of H-pyrrole nitrogens is 1. The number of amides is 2. The summed E-state index contributed by atoms with van der Waals surface area (Å²) in [5, 5.41) is 3.71. The van der Waals surface area contributed by atoms with E-state index in [-0.39, 0.29) is 17.6 Å². The Morgan fingerprint density at radius 1 is 1.27 bits per heavy atom. The fourth-order valence-corrected chi connectivity index (χ4v) is 4.38. The van der Waals surface area contributed by atoms with E-state index in [1.807, 2.05) is 6.20 Å². The Hall–Kier alpha value is -2.97. The number of hydrogen-bond acceptors (Lipinski definition) is 4. The third-order valence-electron chi connectivity index (χ3n) is 4.87. The highest BCUT2D eigenvalue weighted by Gasteiger charge is 2.28. The standard InChI is InChI=1S/C22H18FN3O2S2/c1-26-21(28)19(30-22(26)29)10-13-2-4-14(5-3-13)20(27)24-9-8-15-12-25-18-7-6-16(23)11-17(15)18/h2-7,10-12,25H,8-9H2,1H3,(H,24,27). The molecule has 1 aromatic heterocycles. The van der Waals surface area contributed by atoms with E-state index in [9.17, 15) is 14.0 Å². The second-order valence-electron chi connectivity index (χ2n) is 6.87. The summed E-state index contributed by atoms with van der Waals surface area (Å²) in [4.78, 5) is 29.6. The average Bonchev–Trinajstić information content (AvgIpc) is 3.24. The monoisotopic (exact) mass is 439 g/mol. The number of aromatic amines is 1. The number of nitrogens with one attached hydrogen (secondary N) is 2. The van der Waals surface area contributed by atoms with Crippen molar-refractivity contribution in [1.82, 2.24) is 15.2 Å². The lowest BCUT2D eigenvalue weighted by molar-refractivity contribution is -0.121. The van der Waals surface area contributed by atoms with Gasteiger partial charge in [-0.2, -0.15) is 0 Å². The van der Waals surface area contributed by atoms with Gasteiger partial charge in [0.1, 0.15) is 10.1 Å². The highest BCUT2D eigenvalue weighted by Crippen LogP contribution is 2.31. The van der Waals surface area contributed by atoms with Crippen LogP contribution in [0.3, 0.4) is 0 Å². The summed E-state index contributed by atoms with van der Waals surface area (Å²) in [5.41, 5.74) is 3.17. The van der Waals surface area contributed by atoms with E-state index in [1.165, 1.54) is 28.8 Å². The van der Waals surface area contributed by atoms with E-state index in [0.717, 1.165) is 22.0 Å². The Balaban J connectivity index is 1.36. The molecule has 0 radical (unpaired) electrons. The van der Waals surface area contributed by atoms with Gasteiger partial charge in [-0.05, 0) is 54.0 Å². The van der Waals surface area contributed by atoms with Gasteiger partial charge in [0.25, 0.3) is 11.8 Å². The molecule has 0 saturated carbocycles. The quantitative estimate of drug-likeness (QED) is 0.464. The van der Waals surface area contributed by atoms with Crippen molar-refractivity contribution in [2.45, 2.75) is 6.42 Å². The Labute approximate surface area is 182 Å². The van der Waals surface area contributed by atoms with Crippen LogP contribution < -0.4 is 5.32 Å². The molecule has 0 bridgehead atoms. The Morgan fingerprint density at radius 2 is 2.03 bits per heavy atom. The van der Waals surface area contributed by atoms with Crippen LogP contribution in [0.4, 0.5) is 4.39 Å². The maximum absolute atomic E-state index is 13.5. The summed E-state index contributed by atoms with van der Waals surface area (Å²) in [7, 11) is 1.65. The van der Waals surface area contributed by atoms with Gasteiger partial charge in [-0.1, -0.05) is 36.1 Å². The Kier molecular flexibility index (Phi) is 5.69. The van der Waals surface area contributed by atoms with E-state index in [0.29, 0.717) is 27.8 Å². The summed E-state index contributed by atoms with van der Waals surface area (Å²) >= 11 is 6.39. The van der Waals surface area contributed by atoms with Crippen molar-refractivity contribution in [2.24, 2.45) is 0 Å². The van der Waals surface area contributed by atoms with Crippen LogP contribution in [0.25, 0.3) is 17.0 Å². The third-order valence-corrected chi connectivity index (χ3v) is 6.35. The number of thioether (sulfide) groups is 1.